The van der Waals surface area contributed by atoms with Gasteiger partial charge in [-0.1, -0.05) is 42.5 Å². The Bertz CT molecular complexity index is 999. The maximum Gasteiger partial charge on any atom is 0.226 e. The number of nitrogens with one attached hydrogen (secondary N) is 2. The number of nitrogens with zero attached hydrogens (tertiary/aromatic N) is 2. The van der Waals surface area contributed by atoms with Gasteiger partial charge in [0.15, 0.2) is 5.13 Å². The van der Waals surface area contributed by atoms with Gasteiger partial charge in [-0.3, -0.25) is 9.59 Å². The molecule has 0 saturated heterocycles. The number of ether oxygens (including phenoxy) is 1. The van der Waals surface area contributed by atoms with Gasteiger partial charge in [0.25, 0.3) is 0 Å². The zero-order valence-electron chi connectivity index (χ0n) is 16.1. The van der Waals surface area contributed by atoms with E-state index >= 15 is 0 Å². The number of carbonyl (C=O) groups excluding carboxylic acids is 2. The van der Waals surface area contributed by atoms with Gasteiger partial charge in [-0.2, -0.15) is 5.26 Å². The quantitative estimate of drug-likeness (QED) is 0.548. The van der Waals surface area contributed by atoms with E-state index in [-0.39, 0.29) is 24.7 Å². The Balaban J connectivity index is 1.47. The lowest BCUT2D eigenvalue weighted by atomic mass is 10.1. The Kier molecular flexibility index (Phi) is 7.52. The lowest BCUT2D eigenvalue weighted by molar-refractivity contribution is -0.124. The normalized spacial score (nSPS) is 11.2. The van der Waals surface area contributed by atoms with Crippen molar-refractivity contribution in [1.82, 2.24) is 10.3 Å². The molecule has 0 fully saturated rings. The lowest BCUT2D eigenvalue weighted by Gasteiger charge is -2.13. The van der Waals surface area contributed by atoms with E-state index in [1.807, 2.05) is 30.3 Å². The third-order valence-corrected chi connectivity index (χ3v) is 4.84. The first kappa shape index (κ1) is 21.0. The molecule has 2 aromatic carbocycles. The molecule has 152 valence electrons. The Morgan fingerprint density at radius 1 is 1.07 bits per heavy atom. The average Bonchev–Trinajstić information content (AvgIpc) is 3.29. The van der Waals surface area contributed by atoms with E-state index in [1.165, 1.54) is 11.3 Å². The standard InChI is InChI=1S/C22H20N4O3S/c23-14-19(25-20(27)10-11-21(28)26-22-24-12-13-30-22)17-6-8-18(9-7-17)29-15-16-4-2-1-3-5-16/h1-9,12-13,19H,10-11,15H2,(H,25,27)(H,24,26,28). The van der Waals surface area contributed by atoms with E-state index in [0.717, 1.165) is 5.56 Å². The van der Waals surface area contributed by atoms with Crippen LogP contribution in [0.15, 0.2) is 66.2 Å². The summed E-state index contributed by atoms with van der Waals surface area (Å²) in [6.45, 7) is 0.446. The molecule has 2 N–H and O–H groups in total. The van der Waals surface area contributed by atoms with Crippen LogP contribution in [0.5, 0.6) is 5.75 Å². The molecule has 0 saturated carbocycles. The second-order valence-electron chi connectivity index (χ2n) is 6.36. The molecule has 7 nitrogen and oxygen atoms in total. The van der Waals surface area contributed by atoms with Crippen LogP contribution in [0.4, 0.5) is 5.13 Å². The van der Waals surface area contributed by atoms with Crippen LogP contribution >= 0.6 is 11.3 Å². The zero-order valence-corrected chi connectivity index (χ0v) is 16.9. The number of benzene rings is 2. The van der Waals surface area contributed by atoms with Crippen LogP contribution in [0.2, 0.25) is 0 Å². The summed E-state index contributed by atoms with van der Waals surface area (Å²) in [5.41, 5.74) is 1.70. The van der Waals surface area contributed by atoms with Crippen LogP contribution in [0.3, 0.4) is 0 Å². The maximum atomic E-state index is 12.1. The number of thiazole rings is 1. The topological polar surface area (TPSA) is 104 Å². The van der Waals surface area contributed by atoms with Gasteiger partial charge in [-0.05, 0) is 23.3 Å². The van der Waals surface area contributed by atoms with Gasteiger partial charge in [0, 0.05) is 24.4 Å². The van der Waals surface area contributed by atoms with Gasteiger partial charge < -0.3 is 15.4 Å². The maximum absolute atomic E-state index is 12.1. The van der Waals surface area contributed by atoms with Crippen LogP contribution in [0.1, 0.15) is 30.0 Å². The Hall–Kier alpha value is -3.70. The number of amides is 2. The Morgan fingerprint density at radius 3 is 2.47 bits per heavy atom. The number of hydrogen-bond donors (Lipinski definition) is 2. The van der Waals surface area contributed by atoms with Gasteiger partial charge in [-0.25, -0.2) is 4.98 Å². The minimum atomic E-state index is -0.803. The summed E-state index contributed by atoms with van der Waals surface area (Å²) >= 11 is 1.30. The molecule has 0 spiro atoms. The summed E-state index contributed by atoms with van der Waals surface area (Å²) in [6.07, 6.45) is 1.58. The zero-order chi connectivity index (χ0) is 21.2. The molecule has 1 heterocycles. The van der Waals surface area contributed by atoms with Gasteiger partial charge in [0.2, 0.25) is 11.8 Å². The predicted molar refractivity (Wildman–Crippen MR) is 114 cm³/mol. The van der Waals surface area contributed by atoms with Crippen molar-refractivity contribution in [2.45, 2.75) is 25.5 Å². The fraction of sp³-hybridized carbons (Fsp3) is 0.182. The van der Waals surface area contributed by atoms with Gasteiger partial charge >= 0.3 is 0 Å². The lowest BCUT2D eigenvalue weighted by Crippen LogP contribution is -2.28. The average molecular weight is 420 g/mol. The number of nitriles is 1. The van der Waals surface area contributed by atoms with Crippen LogP contribution in [-0.2, 0) is 16.2 Å². The first-order chi connectivity index (χ1) is 14.6. The number of anilines is 1. The van der Waals surface area contributed by atoms with E-state index in [9.17, 15) is 14.9 Å². The Morgan fingerprint density at radius 2 is 1.80 bits per heavy atom. The van der Waals surface area contributed by atoms with Gasteiger partial charge in [-0.15, -0.1) is 11.3 Å². The van der Waals surface area contributed by atoms with Crippen LogP contribution in [0.25, 0.3) is 0 Å². The van der Waals surface area contributed by atoms with Crippen molar-refractivity contribution in [3.8, 4) is 11.8 Å². The first-order valence-electron chi connectivity index (χ1n) is 9.29. The minimum Gasteiger partial charge on any atom is -0.489 e. The van der Waals surface area contributed by atoms with Crippen LogP contribution in [-0.4, -0.2) is 16.8 Å². The summed E-state index contributed by atoms with van der Waals surface area (Å²) in [5, 5.41) is 16.9. The van der Waals surface area contributed by atoms with E-state index in [2.05, 4.69) is 21.7 Å². The van der Waals surface area contributed by atoms with Crippen LogP contribution in [0, 0.1) is 11.3 Å². The summed E-state index contributed by atoms with van der Waals surface area (Å²) in [6, 6.07) is 18.1. The number of carbonyl (C=O) groups is 2. The summed E-state index contributed by atoms with van der Waals surface area (Å²) in [4.78, 5) is 27.9. The highest BCUT2D eigenvalue weighted by Gasteiger charge is 2.15. The largest absolute Gasteiger partial charge is 0.489 e. The fourth-order valence-electron chi connectivity index (χ4n) is 2.61. The molecular formula is C22H20N4O3S. The van der Waals surface area contributed by atoms with Crippen molar-refractivity contribution in [3.05, 3.63) is 77.3 Å². The molecule has 0 bridgehead atoms. The third-order valence-electron chi connectivity index (χ3n) is 4.15. The molecule has 0 aliphatic carbocycles. The summed E-state index contributed by atoms with van der Waals surface area (Å²) < 4.78 is 5.73. The number of rotatable bonds is 9. The molecule has 1 aromatic heterocycles. The Labute approximate surface area is 178 Å². The highest BCUT2D eigenvalue weighted by Crippen LogP contribution is 2.19. The molecule has 1 unspecified atom stereocenters. The highest BCUT2D eigenvalue weighted by atomic mass is 32.1. The SMILES string of the molecule is N#CC(NC(=O)CCC(=O)Nc1nccs1)c1ccc(OCc2ccccc2)cc1. The molecule has 0 aliphatic heterocycles. The van der Waals surface area contributed by atoms with Gasteiger partial charge in [0.05, 0.1) is 6.07 Å². The number of aromatic nitrogens is 1. The molecule has 0 radical (unpaired) electrons. The summed E-state index contributed by atoms with van der Waals surface area (Å²) in [7, 11) is 0. The molecule has 1 atom stereocenters. The molecule has 0 aliphatic rings. The predicted octanol–water partition coefficient (Wildman–Crippen LogP) is 3.82. The van der Waals surface area contributed by atoms with Crippen molar-refractivity contribution in [2.24, 2.45) is 0 Å². The van der Waals surface area contributed by atoms with E-state index in [4.69, 9.17) is 4.74 Å². The molecule has 3 aromatic rings. The van der Waals surface area contributed by atoms with E-state index in [1.54, 1.807) is 35.8 Å². The third kappa shape index (κ3) is 6.43. The van der Waals surface area contributed by atoms with Gasteiger partial charge in [0.1, 0.15) is 18.4 Å². The molecular weight excluding hydrogens is 400 g/mol. The number of hydrogen-bond acceptors (Lipinski definition) is 6. The summed E-state index contributed by atoms with van der Waals surface area (Å²) in [5.74, 6) is -0.00162. The van der Waals surface area contributed by atoms with Crippen molar-refractivity contribution in [2.75, 3.05) is 5.32 Å². The second kappa shape index (κ2) is 10.7. The van der Waals surface area contributed by atoms with E-state index < -0.39 is 6.04 Å². The minimum absolute atomic E-state index is 0.00975. The monoisotopic (exact) mass is 420 g/mol. The van der Waals surface area contributed by atoms with Crippen molar-refractivity contribution >= 4 is 28.3 Å². The fourth-order valence-corrected chi connectivity index (χ4v) is 3.16. The molecule has 8 heteroatoms. The van der Waals surface area contributed by atoms with Crippen molar-refractivity contribution in [1.29, 1.82) is 5.26 Å². The van der Waals surface area contributed by atoms with E-state index in [0.29, 0.717) is 23.1 Å². The highest BCUT2D eigenvalue weighted by molar-refractivity contribution is 7.13. The van der Waals surface area contributed by atoms with Crippen LogP contribution < -0.4 is 15.4 Å². The van der Waals surface area contributed by atoms with Crippen molar-refractivity contribution < 1.29 is 14.3 Å². The smallest absolute Gasteiger partial charge is 0.226 e. The van der Waals surface area contributed by atoms with Crippen molar-refractivity contribution in [3.63, 3.8) is 0 Å². The molecule has 3 rings (SSSR count). The first-order valence-corrected chi connectivity index (χ1v) is 10.2. The molecule has 30 heavy (non-hydrogen) atoms. The molecule has 2 amide bonds. The second-order valence-corrected chi connectivity index (χ2v) is 7.25.